The monoisotopic (exact) mass is 352 g/mol. The third kappa shape index (κ3) is 3.88. The molecule has 0 bridgehead atoms. The van der Waals surface area contributed by atoms with Crippen LogP contribution in [0.5, 0.6) is 0 Å². The number of halogens is 3. The van der Waals surface area contributed by atoms with Crippen molar-refractivity contribution in [1.82, 2.24) is 10.1 Å². The van der Waals surface area contributed by atoms with Gasteiger partial charge in [-0.1, -0.05) is 35.5 Å². The Hall–Kier alpha value is -2.48. The lowest BCUT2D eigenvalue weighted by molar-refractivity contribution is -0.159. The van der Waals surface area contributed by atoms with Crippen molar-refractivity contribution >= 4 is 17.1 Å². The minimum Gasteiger partial charge on any atom is -0.329 e. The molecule has 0 aliphatic carbocycles. The van der Waals surface area contributed by atoms with Gasteiger partial charge in [0, 0.05) is 23.3 Å². The summed E-state index contributed by atoms with van der Waals surface area (Å²) >= 11 is 1.53. The van der Waals surface area contributed by atoms with Crippen LogP contribution in [0.4, 0.5) is 13.2 Å². The van der Waals surface area contributed by atoms with E-state index in [1.165, 1.54) is 11.3 Å². The number of hydrogen-bond acceptors (Lipinski definition) is 5. The molecule has 0 saturated carbocycles. The van der Waals surface area contributed by atoms with Crippen molar-refractivity contribution in [3.05, 3.63) is 58.1 Å². The minimum absolute atomic E-state index is 0.0733. The summed E-state index contributed by atoms with van der Waals surface area (Å²) < 4.78 is 41.5. The summed E-state index contributed by atoms with van der Waals surface area (Å²) in [7, 11) is 0. The molecule has 0 saturated heterocycles. The molecule has 3 aromatic rings. The van der Waals surface area contributed by atoms with Gasteiger partial charge in [0.1, 0.15) is 5.78 Å². The highest BCUT2D eigenvalue weighted by molar-refractivity contribution is 7.10. The summed E-state index contributed by atoms with van der Waals surface area (Å²) in [5.74, 6) is -1.45. The van der Waals surface area contributed by atoms with Gasteiger partial charge >= 0.3 is 12.1 Å². The van der Waals surface area contributed by atoms with Crippen molar-refractivity contribution in [2.24, 2.45) is 0 Å². The van der Waals surface area contributed by atoms with Gasteiger partial charge in [-0.2, -0.15) is 18.2 Å². The van der Waals surface area contributed by atoms with Gasteiger partial charge in [-0.05, 0) is 17.0 Å². The number of ketones is 1. The molecule has 24 heavy (non-hydrogen) atoms. The van der Waals surface area contributed by atoms with Crippen LogP contribution in [-0.4, -0.2) is 15.9 Å². The molecule has 0 atom stereocenters. The van der Waals surface area contributed by atoms with Crippen molar-refractivity contribution in [2.75, 3.05) is 0 Å². The molecule has 1 aromatic carbocycles. The summed E-state index contributed by atoms with van der Waals surface area (Å²) in [6.07, 6.45) is -4.03. The van der Waals surface area contributed by atoms with E-state index in [2.05, 4.69) is 14.7 Å². The maximum absolute atomic E-state index is 12.4. The number of Topliss-reactive ketones (excluding diaryl/α,β-unsaturated/α-hetero) is 1. The molecule has 0 fully saturated rings. The fourth-order valence-corrected chi connectivity index (χ4v) is 2.86. The zero-order valence-corrected chi connectivity index (χ0v) is 13.0. The van der Waals surface area contributed by atoms with Crippen molar-refractivity contribution in [2.45, 2.75) is 19.0 Å². The van der Waals surface area contributed by atoms with Crippen molar-refractivity contribution in [3.63, 3.8) is 0 Å². The zero-order valence-electron chi connectivity index (χ0n) is 12.2. The Balaban J connectivity index is 1.67. The fourth-order valence-electron chi connectivity index (χ4n) is 2.13. The molecule has 2 heterocycles. The second kappa shape index (κ2) is 6.56. The Bertz CT molecular complexity index is 824. The number of nitrogens with zero attached hydrogens (tertiary/aromatic N) is 2. The predicted octanol–water partition coefficient (Wildman–Crippen LogP) is 4.17. The SMILES string of the molecule is O=C(Cc1ccc(-c2noc(C(F)(F)F)n2)cc1)Cc1cccs1. The highest BCUT2D eigenvalue weighted by atomic mass is 32.1. The van der Waals surface area contributed by atoms with Gasteiger partial charge in [0.25, 0.3) is 0 Å². The van der Waals surface area contributed by atoms with Gasteiger partial charge in [0.2, 0.25) is 5.82 Å². The van der Waals surface area contributed by atoms with E-state index in [-0.39, 0.29) is 18.0 Å². The fraction of sp³-hybridized carbons (Fsp3) is 0.188. The van der Waals surface area contributed by atoms with Gasteiger partial charge in [-0.25, -0.2) is 0 Å². The first-order valence-corrected chi connectivity index (χ1v) is 7.84. The molecule has 2 aromatic heterocycles. The molecule has 0 N–H and O–H groups in total. The quantitative estimate of drug-likeness (QED) is 0.691. The van der Waals surface area contributed by atoms with Crippen LogP contribution in [0.25, 0.3) is 11.4 Å². The van der Waals surface area contributed by atoms with E-state index in [9.17, 15) is 18.0 Å². The van der Waals surface area contributed by atoms with Gasteiger partial charge < -0.3 is 4.52 Å². The van der Waals surface area contributed by atoms with Gasteiger partial charge in [0.05, 0.1) is 0 Å². The van der Waals surface area contributed by atoms with Gasteiger partial charge in [-0.3, -0.25) is 4.79 Å². The molecule has 0 radical (unpaired) electrons. The lowest BCUT2D eigenvalue weighted by Gasteiger charge is -2.01. The summed E-state index contributed by atoms with van der Waals surface area (Å²) in [5.41, 5.74) is 1.17. The summed E-state index contributed by atoms with van der Waals surface area (Å²) in [4.78, 5) is 16.3. The van der Waals surface area contributed by atoms with E-state index in [1.54, 1.807) is 24.3 Å². The standard InChI is InChI=1S/C16H11F3N2O2S/c17-16(18,19)15-20-14(21-23-15)11-5-3-10(4-6-11)8-12(22)9-13-2-1-7-24-13/h1-7H,8-9H2. The highest BCUT2D eigenvalue weighted by Gasteiger charge is 2.38. The summed E-state index contributed by atoms with van der Waals surface area (Å²) in [6.45, 7) is 0. The first-order valence-electron chi connectivity index (χ1n) is 6.96. The Morgan fingerprint density at radius 3 is 2.46 bits per heavy atom. The molecule has 0 aliphatic heterocycles. The van der Waals surface area contributed by atoms with Crippen molar-refractivity contribution < 1.29 is 22.5 Å². The van der Waals surface area contributed by atoms with E-state index < -0.39 is 12.1 Å². The van der Waals surface area contributed by atoms with E-state index in [0.717, 1.165) is 10.4 Å². The van der Waals surface area contributed by atoms with Crippen molar-refractivity contribution in [1.29, 1.82) is 0 Å². The van der Waals surface area contributed by atoms with Crippen LogP contribution in [0.2, 0.25) is 0 Å². The number of benzene rings is 1. The molecule has 0 unspecified atom stereocenters. The molecule has 8 heteroatoms. The van der Waals surface area contributed by atoms with E-state index >= 15 is 0 Å². The Labute approximate surface area is 138 Å². The van der Waals surface area contributed by atoms with Crippen LogP contribution in [0.15, 0.2) is 46.3 Å². The highest BCUT2D eigenvalue weighted by Crippen LogP contribution is 2.29. The lowest BCUT2D eigenvalue weighted by Crippen LogP contribution is -2.05. The Kier molecular flexibility index (Phi) is 4.48. The van der Waals surface area contributed by atoms with Crippen LogP contribution in [0.1, 0.15) is 16.3 Å². The number of hydrogen-bond donors (Lipinski definition) is 0. The first-order chi connectivity index (χ1) is 11.4. The van der Waals surface area contributed by atoms with E-state index in [1.807, 2.05) is 17.5 Å². The second-order valence-electron chi connectivity index (χ2n) is 5.09. The van der Waals surface area contributed by atoms with E-state index in [0.29, 0.717) is 12.0 Å². The molecule has 0 amide bonds. The van der Waals surface area contributed by atoms with Crippen LogP contribution in [-0.2, 0) is 23.8 Å². The Morgan fingerprint density at radius 1 is 1.12 bits per heavy atom. The van der Waals surface area contributed by atoms with Crippen LogP contribution in [0, 0.1) is 0 Å². The molecule has 3 rings (SSSR count). The predicted molar refractivity (Wildman–Crippen MR) is 81.5 cm³/mol. The van der Waals surface area contributed by atoms with Crippen LogP contribution in [0.3, 0.4) is 0 Å². The van der Waals surface area contributed by atoms with Crippen LogP contribution >= 0.6 is 11.3 Å². The number of thiophene rings is 1. The summed E-state index contributed by atoms with van der Waals surface area (Å²) in [6, 6.07) is 10.3. The smallest absolute Gasteiger partial charge is 0.329 e. The molecule has 0 aliphatic rings. The number of alkyl halides is 3. The average Bonchev–Trinajstić information content (AvgIpc) is 3.18. The molecule has 4 nitrogen and oxygen atoms in total. The molecule has 0 spiro atoms. The number of carbonyl (C=O) groups is 1. The van der Waals surface area contributed by atoms with Crippen LogP contribution < -0.4 is 0 Å². The number of carbonyl (C=O) groups excluding carboxylic acids is 1. The average molecular weight is 352 g/mol. The zero-order chi connectivity index (χ0) is 17.2. The molecular formula is C16H11F3N2O2S. The molecular weight excluding hydrogens is 341 g/mol. The largest absolute Gasteiger partial charge is 0.471 e. The number of aromatic nitrogens is 2. The normalized spacial score (nSPS) is 11.6. The summed E-state index contributed by atoms with van der Waals surface area (Å²) in [5, 5.41) is 5.24. The maximum Gasteiger partial charge on any atom is 0.471 e. The second-order valence-corrected chi connectivity index (χ2v) is 6.12. The van der Waals surface area contributed by atoms with Gasteiger partial charge in [-0.15, -0.1) is 11.3 Å². The molecule has 124 valence electrons. The third-order valence-electron chi connectivity index (χ3n) is 3.23. The van der Waals surface area contributed by atoms with Crippen molar-refractivity contribution in [3.8, 4) is 11.4 Å². The third-order valence-corrected chi connectivity index (χ3v) is 4.11. The van der Waals surface area contributed by atoms with Gasteiger partial charge in [0.15, 0.2) is 0 Å². The topological polar surface area (TPSA) is 56.0 Å². The Morgan fingerprint density at radius 2 is 1.88 bits per heavy atom. The minimum atomic E-state index is -4.67. The maximum atomic E-state index is 12.4. The first kappa shape index (κ1) is 16.4. The number of rotatable bonds is 5. The lowest BCUT2D eigenvalue weighted by atomic mass is 10.0. The van der Waals surface area contributed by atoms with E-state index in [4.69, 9.17) is 0 Å².